The SMILES string of the molecule is Nc1ccc(Cl)cc1Nc1cccs1. The molecule has 2 rings (SSSR count). The van der Waals surface area contributed by atoms with Crippen LogP contribution >= 0.6 is 22.9 Å². The summed E-state index contributed by atoms with van der Waals surface area (Å²) in [5.41, 5.74) is 7.33. The zero-order chi connectivity index (χ0) is 9.97. The molecule has 0 bridgehead atoms. The van der Waals surface area contributed by atoms with Crippen molar-refractivity contribution in [1.82, 2.24) is 0 Å². The molecule has 14 heavy (non-hydrogen) atoms. The number of anilines is 3. The average molecular weight is 225 g/mol. The first-order valence-corrected chi connectivity index (χ1v) is 5.37. The van der Waals surface area contributed by atoms with Crippen molar-refractivity contribution in [3.63, 3.8) is 0 Å². The van der Waals surface area contributed by atoms with Crippen LogP contribution in [0.2, 0.25) is 5.02 Å². The molecule has 4 heteroatoms. The minimum Gasteiger partial charge on any atom is -0.397 e. The first-order chi connectivity index (χ1) is 6.75. The second kappa shape index (κ2) is 3.90. The van der Waals surface area contributed by atoms with E-state index >= 15 is 0 Å². The van der Waals surface area contributed by atoms with Crippen LogP contribution in [-0.2, 0) is 0 Å². The lowest BCUT2D eigenvalue weighted by Gasteiger charge is -2.07. The Morgan fingerprint density at radius 2 is 2.14 bits per heavy atom. The first kappa shape index (κ1) is 9.37. The Balaban J connectivity index is 2.28. The van der Waals surface area contributed by atoms with E-state index in [1.54, 1.807) is 23.5 Å². The predicted octanol–water partition coefficient (Wildman–Crippen LogP) is 3.73. The smallest absolute Gasteiger partial charge is 0.0927 e. The highest BCUT2D eigenvalue weighted by Crippen LogP contribution is 2.28. The fourth-order valence-corrected chi connectivity index (χ4v) is 1.92. The van der Waals surface area contributed by atoms with E-state index in [0.29, 0.717) is 10.7 Å². The topological polar surface area (TPSA) is 38.0 Å². The van der Waals surface area contributed by atoms with Crippen LogP contribution in [0.3, 0.4) is 0 Å². The van der Waals surface area contributed by atoms with Gasteiger partial charge in [0.15, 0.2) is 0 Å². The summed E-state index contributed by atoms with van der Waals surface area (Å²) in [6, 6.07) is 9.35. The van der Waals surface area contributed by atoms with Crippen LogP contribution in [0.25, 0.3) is 0 Å². The van der Waals surface area contributed by atoms with Gasteiger partial charge in [-0.05, 0) is 35.7 Å². The molecule has 0 spiro atoms. The maximum absolute atomic E-state index is 5.86. The van der Waals surface area contributed by atoms with E-state index in [1.165, 1.54) is 0 Å². The van der Waals surface area contributed by atoms with Crippen molar-refractivity contribution in [3.05, 3.63) is 40.7 Å². The molecule has 0 fully saturated rings. The number of nitrogen functional groups attached to an aromatic ring is 1. The monoisotopic (exact) mass is 224 g/mol. The zero-order valence-electron chi connectivity index (χ0n) is 7.33. The fraction of sp³-hybridized carbons (Fsp3) is 0. The summed E-state index contributed by atoms with van der Waals surface area (Å²) < 4.78 is 0. The summed E-state index contributed by atoms with van der Waals surface area (Å²) in [7, 11) is 0. The van der Waals surface area contributed by atoms with E-state index in [9.17, 15) is 0 Å². The third-order valence-electron chi connectivity index (χ3n) is 1.79. The van der Waals surface area contributed by atoms with E-state index in [4.69, 9.17) is 17.3 Å². The number of hydrogen-bond donors (Lipinski definition) is 2. The zero-order valence-corrected chi connectivity index (χ0v) is 8.90. The minimum atomic E-state index is 0.679. The standard InChI is InChI=1S/C10H9ClN2S/c11-7-3-4-8(12)9(6-7)13-10-2-1-5-14-10/h1-6,13H,12H2. The van der Waals surface area contributed by atoms with E-state index in [-0.39, 0.29) is 0 Å². The van der Waals surface area contributed by atoms with Gasteiger partial charge in [-0.3, -0.25) is 0 Å². The van der Waals surface area contributed by atoms with Crippen LogP contribution in [0.4, 0.5) is 16.4 Å². The second-order valence-corrected chi connectivity index (χ2v) is 4.22. The van der Waals surface area contributed by atoms with Gasteiger partial charge in [-0.1, -0.05) is 11.6 Å². The van der Waals surface area contributed by atoms with Gasteiger partial charge < -0.3 is 11.1 Å². The van der Waals surface area contributed by atoms with Crippen molar-refractivity contribution in [2.75, 3.05) is 11.1 Å². The van der Waals surface area contributed by atoms with Gasteiger partial charge in [-0.25, -0.2) is 0 Å². The molecule has 1 aromatic heterocycles. The summed E-state index contributed by atoms with van der Waals surface area (Å²) in [4.78, 5) is 0. The van der Waals surface area contributed by atoms with Gasteiger partial charge in [0.05, 0.1) is 16.4 Å². The van der Waals surface area contributed by atoms with E-state index in [0.717, 1.165) is 10.7 Å². The van der Waals surface area contributed by atoms with Gasteiger partial charge in [0.1, 0.15) is 0 Å². The van der Waals surface area contributed by atoms with E-state index < -0.39 is 0 Å². The maximum Gasteiger partial charge on any atom is 0.0927 e. The lowest BCUT2D eigenvalue weighted by atomic mass is 10.3. The Morgan fingerprint density at radius 1 is 1.29 bits per heavy atom. The molecule has 0 unspecified atom stereocenters. The Bertz CT molecular complexity index is 426. The molecule has 0 saturated heterocycles. The lowest BCUT2D eigenvalue weighted by molar-refractivity contribution is 1.60. The van der Waals surface area contributed by atoms with Gasteiger partial charge in [0.2, 0.25) is 0 Å². The summed E-state index contributed by atoms with van der Waals surface area (Å²) in [5.74, 6) is 0. The molecule has 0 saturated carbocycles. The number of rotatable bonds is 2. The number of nitrogens with one attached hydrogen (secondary N) is 1. The molecule has 72 valence electrons. The third-order valence-corrected chi connectivity index (χ3v) is 2.81. The Kier molecular flexibility index (Phi) is 2.61. The van der Waals surface area contributed by atoms with Crippen LogP contribution in [-0.4, -0.2) is 0 Å². The summed E-state index contributed by atoms with van der Waals surface area (Å²) in [6.07, 6.45) is 0. The first-order valence-electron chi connectivity index (χ1n) is 4.11. The Labute approximate surface area is 91.3 Å². The number of thiophene rings is 1. The van der Waals surface area contributed by atoms with Crippen LogP contribution in [0.5, 0.6) is 0 Å². The quantitative estimate of drug-likeness (QED) is 0.763. The summed E-state index contributed by atoms with van der Waals surface area (Å²) in [5, 5.41) is 6.94. The summed E-state index contributed by atoms with van der Waals surface area (Å²) >= 11 is 7.49. The highest BCUT2D eigenvalue weighted by atomic mass is 35.5. The fourth-order valence-electron chi connectivity index (χ4n) is 1.12. The molecule has 1 aromatic carbocycles. The molecule has 0 radical (unpaired) electrons. The molecule has 1 heterocycles. The largest absolute Gasteiger partial charge is 0.397 e. The van der Waals surface area contributed by atoms with Crippen molar-refractivity contribution in [3.8, 4) is 0 Å². The highest BCUT2D eigenvalue weighted by molar-refractivity contribution is 7.14. The van der Waals surface area contributed by atoms with Gasteiger partial charge in [-0.15, -0.1) is 11.3 Å². The molecule has 0 amide bonds. The minimum absolute atomic E-state index is 0.679. The number of halogens is 1. The van der Waals surface area contributed by atoms with Gasteiger partial charge >= 0.3 is 0 Å². The van der Waals surface area contributed by atoms with Gasteiger partial charge in [-0.2, -0.15) is 0 Å². The van der Waals surface area contributed by atoms with Crippen molar-refractivity contribution < 1.29 is 0 Å². The summed E-state index contributed by atoms with van der Waals surface area (Å²) in [6.45, 7) is 0. The number of nitrogens with two attached hydrogens (primary N) is 1. The molecule has 0 aliphatic rings. The van der Waals surface area contributed by atoms with Crippen LogP contribution in [0.1, 0.15) is 0 Å². The maximum atomic E-state index is 5.86. The second-order valence-electron chi connectivity index (χ2n) is 2.83. The van der Waals surface area contributed by atoms with Crippen LogP contribution < -0.4 is 11.1 Å². The Hall–Kier alpha value is -1.19. The van der Waals surface area contributed by atoms with Gasteiger partial charge in [0, 0.05) is 5.02 Å². The van der Waals surface area contributed by atoms with E-state index in [2.05, 4.69) is 5.32 Å². The van der Waals surface area contributed by atoms with Crippen molar-refractivity contribution in [1.29, 1.82) is 0 Å². The van der Waals surface area contributed by atoms with Crippen molar-refractivity contribution in [2.45, 2.75) is 0 Å². The lowest BCUT2D eigenvalue weighted by Crippen LogP contribution is -1.94. The number of benzene rings is 1. The molecule has 2 aromatic rings. The van der Waals surface area contributed by atoms with Crippen molar-refractivity contribution >= 4 is 39.3 Å². The molecule has 2 nitrogen and oxygen atoms in total. The number of hydrogen-bond acceptors (Lipinski definition) is 3. The molecule has 0 aliphatic carbocycles. The van der Waals surface area contributed by atoms with Crippen LogP contribution in [0, 0.1) is 0 Å². The molecular formula is C10H9ClN2S. The van der Waals surface area contributed by atoms with E-state index in [1.807, 2.05) is 23.6 Å². The predicted molar refractivity (Wildman–Crippen MR) is 63.5 cm³/mol. The average Bonchev–Trinajstić information content (AvgIpc) is 2.64. The molecule has 3 N–H and O–H groups in total. The Morgan fingerprint density at radius 3 is 2.86 bits per heavy atom. The third kappa shape index (κ3) is 2.00. The molecule has 0 aliphatic heterocycles. The van der Waals surface area contributed by atoms with Gasteiger partial charge in [0.25, 0.3) is 0 Å². The van der Waals surface area contributed by atoms with Crippen molar-refractivity contribution in [2.24, 2.45) is 0 Å². The van der Waals surface area contributed by atoms with Crippen LogP contribution in [0.15, 0.2) is 35.7 Å². The highest BCUT2D eigenvalue weighted by Gasteiger charge is 2.00. The molecular weight excluding hydrogens is 216 g/mol. The normalized spacial score (nSPS) is 10.1. The molecule has 0 atom stereocenters.